The molecule has 0 aliphatic carbocycles. The lowest BCUT2D eigenvalue weighted by Crippen LogP contribution is -2.36. The number of methoxy groups -OCH3 is 1. The number of aryl methyl sites for hydroxylation is 2. The van der Waals surface area contributed by atoms with E-state index in [0.29, 0.717) is 11.8 Å². The van der Waals surface area contributed by atoms with Gasteiger partial charge in [0.2, 0.25) is 5.91 Å². The smallest absolute Gasteiger partial charge is 0.230 e. The molecule has 1 amide bonds. The number of nitrogens with one attached hydrogen (secondary N) is 1. The van der Waals surface area contributed by atoms with Crippen LogP contribution < -0.4 is 5.32 Å². The first-order valence-electron chi connectivity index (χ1n) is 7.41. The Morgan fingerprint density at radius 1 is 1.30 bits per heavy atom. The predicted octanol–water partition coefficient (Wildman–Crippen LogP) is 2.13. The van der Waals surface area contributed by atoms with Crippen molar-refractivity contribution < 1.29 is 9.53 Å². The average Bonchev–Trinajstić information content (AvgIpc) is 2.87. The molecule has 0 saturated heterocycles. The van der Waals surface area contributed by atoms with E-state index in [2.05, 4.69) is 15.5 Å². The van der Waals surface area contributed by atoms with Crippen molar-refractivity contribution in [2.24, 2.45) is 0 Å². The Kier molecular flexibility index (Phi) is 6.18. The normalized spacial score (nSPS) is 12.2. The number of carbonyl (C=O) groups excluding carboxylic acids is 1. The molecular formula is C16H22N4O2S. The van der Waals surface area contributed by atoms with Gasteiger partial charge in [-0.3, -0.25) is 9.36 Å². The number of carbonyl (C=O) groups is 1. The highest BCUT2D eigenvalue weighted by molar-refractivity contribution is 7.99. The van der Waals surface area contributed by atoms with Crippen LogP contribution in [0.4, 0.5) is 0 Å². The molecule has 0 saturated carbocycles. The van der Waals surface area contributed by atoms with Crippen LogP contribution in [0, 0.1) is 13.8 Å². The maximum absolute atomic E-state index is 12.0. The molecule has 1 aromatic carbocycles. The van der Waals surface area contributed by atoms with Gasteiger partial charge in [-0.1, -0.05) is 29.5 Å². The number of rotatable bonds is 7. The number of ether oxygens (including phenoxy) is 1. The fourth-order valence-corrected chi connectivity index (χ4v) is 2.97. The molecule has 2 rings (SSSR count). The summed E-state index contributed by atoms with van der Waals surface area (Å²) in [6.07, 6.45) is 0. The van der Waals surface area contributed by atoms with Gasteiger partial charge < -0.3 is 10.1 Å². The molecule has 6 nitrogen and oxygen atoms in total. The highest BCUT2D eigenvalue weighted by Crippen LogP contribution is 2.21. The molecule has 0 unspecified atom stereocenters. The Hall–Kier alpha value is -1.86. The zero-order valence-electron chi connectivity index (χ0n) is 13.9. The highest BCUT2D eigenvalue weighted by atomic mass is 32.2. The average molecular weight is 334 g/mol. The van der Waals surface area contributed by atoms with E-state index in [-0.39, 0.29) is 17.7 Å². The molecule has 1 N–H and O–H groups in total. The van der Waals surface area contributed by atoms with Gasteiger partial charge in [-0.2, -0.15) is 0 Å². The van der Waals surface area contributed by atoms with Crippen molar-refractivity contribution in [3.63, 3.8) is 0 Å². The summed E-state index contributed by atoms with van der Waals surface area (Å²) in [5, 5.41) is 11.9. The van der Waals surface area contributed by atoms with Crippen molar-refractivity contribution in [3.05, 3.63) is 35.7 Å². The number of hydrogen-bond donors (Lipinski definition) is 1. The van der Waals surface area contributed by atoms with Crippen LogP contribution in [0.25, 0.3) is 5.69 Å². The van der Waals surface area contributed by atoms with Crippen molar-refractivity contribution >= 4 is 17.7 Å². The zero-order valence-corrected chi connectivity index (χ0v) is 14.7. The summed E-state index contributed by atoms with van der Waals surface area (Å²) in [5.41, 5.74) is 2.19. The maximum atomic E-state index is 12.0. The SMILES string of the molecule is COC[C@H](C)NC(=O)CSc1nnc(C)n1-c1ccc(C)cc1. The molecule has 0 spiro atoms. The number of amides is 1. The minimum absolute atomic E-state index is 0.00944. The molecule has 0 bridgehead atoms. The van der Waals surface area contributed by atoms with Crippen LogP contribution in [0.5, 0.6) is 0 Å². The lowest BCUT2D eigenvalue weighted by molar-refractivity contribution is -0.119. The van der Waals surface area contributed by atoms with Crippen LogP contribution >= 0.6 is 11.8 Å². The van der Waals surface area contributed by atoms with E-state index in [4.69, 9.17) is 4.74 Å². The topological polar surface area (TPSA) is 69.0 Å². The van der Waals surface area contributed by atoms with Gasteiger partial charge in [-0.15, -0.1) is 10.2 Å². The summed E-state index contributed by atoms with van der Waals surface area (Å²) in [5.74, 6) is 1.04. The fourth-order valence-electron chi connectivity index (χ4n) is 2.17. The van der Waals surface area contributed by atoms with E-state index in [1.165, 1.54) is 17.3 Å². The quantitative estimate of drug-likeness (QED) is 0.786. The molecule has 1 atom stereocenters. The van der Waals surface area contributed by atoms with E-state index in [1.54, 1.807) is 7.11 Å². The molecule has 0 aliphatic heterocycles. The Morgan fingerprint density at radius 3 is 2.65 bits per heavy atom. The van der Waals surface area contributed by atoms with Gasteiger partial charge in [0.25, 0.3) is 0 Å². The summed E-state index contributed by atoms with van der Waals surface area (Å²) >= 11 is 1.37. The third kappa shape index (κ3) is 4.80. The Balaban J connectivity index is 2.04. The maximum Gasteiger partial charge on any atom is 0.230 e. The second kappa shape index (κ2) is 8.12. The zero-order chi connectivity index (χ0) is 16.8. The monoisotopic (exact) mass is 334 g/mol. The van der Waals surface area contributed by atoms with E-state index in [0.717, 1.165) is 11.5 Å². The van der Waals surface area contributed by atoms with E-state index < -0.39 is 0 Å². The third-order valence-corrected chi connectivity index (χ3v) is 4.17. The van der Waals surface area contributed by atoms with Gasteiger partial charge in [0.05, 0.1) is 12.4 Å². The standard InChI is InChI=1S/C16H22N4O2S/c1-11-5-7-14(8-6-11)20-13(3)18-19-16(20)23-10-15(21)17-12(2)9-22-4/h5-8,12H,9-10H2,1-4H3,(H,17,21)/t12-/m0/s1. The van der Waals surface area contributed by atoms with Crippen LogP contribution in [0.2, 0.25) is 0 Å². The lowest BCUT2D eigenvalue weighted by Gasteiger charge is -2.12. The largest absolute Gasteiger partial charge is 0.383 e. The molecule has 1 aromatic heterocycles. The summed E-state index contributed by atoms with van der Waals surface area (Å²) in [6.45, 7) is 6.35. The number of thioether (sulfide) groups is 1. The van der Waals surface area contributed by atoms with Crippen molar-refractivity contribution in [1.82, 2.24) is 20.1 Å². The molecule has 7 heteroatoms. The minimum atomic E-state index is -0.0457. The lowest BCUT2D eigenvalue weighted by atomic mass is 10.2. The summed E-state index contributed by atoms with van der Waals surface area (Å²) in [6, 6.07) is 8.13. The van der Waals surface area contributed by atoms with Crippen LogP contribution in [-0.4, -0.2) is 46.2 Å². The second-order valence-corrected chi connectivity index (χ2v) is 6.36. The first-order chi connectivity index (χ1) is 11.0. The first-order valence-corrected chi connectivity index (χ1v) is 8.40. The molecule has 0 fully saturated rings. The number of benzene rings is 1. The Bertz CT molecular complexity index is 655. The van der Waals surface area contributed by atoms with Crippen molar-refractivity contribution in [1.29, 1.82) is 0 Å². The molecule has 124 valence electrons. The number of nitrogens with zero attached hydrogens (tertiary/aromatic N) is 3. The molecular weight excluding hydrogens is 312 g/mol. The van der Waals surface area contributed by atoms with Crippen LogP contribution in [0.1, 0.15) is 18.3 Å². The summed E-state index contributed by atoms with van der Waals surface area (Å²) < 4.78 is 6.96. The van der Waals surface area contributed by atoms with Gasteiger partial charge in [0, 0.05) is 18.8 Å². The van der Waals surface area contributed by atoms with Crippen LogP contribution in [0.3, 0.4) is 0 Å². The number of hydrogen-bond acceptors (Lipinski definition) is 5. The van der Waals surface area contributed by atoms with E-state index in [1.807, 2.05) is 49.6 Å². The predicted molar refractivity (Wildman–Crippen MR) is 91.0 cm³/mol. The summed E-state index contributed by atoms with van der Waals surface area (Å²) in [7, 11) is 1.62. The molecule has 23 heavy (non-hydrogen) atoms. The van der Waals surface area contributed by atoms with Gasteiger partial charge >= 0.3 is 0 Å². The van der Waals surface area contributed by atoms with Crippen molar-refractivity contribution in [2.45, 2.75) is 32.0 Å². The third-order valence-electron chi connectivity index (χ3n) is 3.24. The second-order valence-electron chi connectivity index (χ2n) is 5.41. The van der Waals surface area contributed by atoms with Gasteiger partial charge in [0.1, 0.15) is 5.82 Å². The van der Waals surface area contributed by atoms with Crippen molar-refractivity contribution in [3.8, 4) is 5.69 Å². The van der Waals surface area contributed by atoms with Crippen molar-refractivity contribution in [2.75, 3.05) is 19.5 Å². The van der Waals surface area contributed by atoms with E-state index >= 15 is 0 Å². The van der Waals surface area contributed by atoms with Crippen LogP contribution in [0.15, 0.2) is 29.4 Å². The first kappa shape index (κ1) is 17.5. The Morgan fingerprint density at radius 2 is 2.00 bits per heavy atom. The minimum Gasteiger partial charge on any atom is -0.383 e. The van der Waals surface area contributed by atoms with Gasteiger partial charge in [-0.25, -0.2) is 0 Å². The molecule has 1 heterocycles. The van der Waals surface area contributed by atoms with Crippen LogP contribution in [-0.2, 0) is 9.53 Å². The number of aromatic nitrogens is 3. The summed E-state index contributed by atoms with van der Waals surface area (Å²) in [4.78, 5) is 12.0. The van der Waals surface area contributed by atoms with Gasteiger partial charge in [-0.05, 0) is 32.9 Å². The molecule has 0 radical (unpaired) electrons. The fraction of sp³-hybridized carbons (Fsp3) is 0.438. The van der Waals surface area contributed by atoms with E-state index in [9.17, 15) is 4.79 Å². The molecule has 2 aromatic rings. The molecule has 0 aliphatic rings. The highest BCUT2D eigenvalue weighted by Gasteiger charge is 2.14. The Labute approximate surface area is 140 Å². The van der Waals surface area contributed by atoms with Gasteiger partial charge in [0.15, 0.2) is 5.16 Å².